The van der Waals surface area contributed by atoms with E-state index in [1.807, 2.05) is 24.3 Å². The Bertz CT molecular complexity index is 317. The molecule has 0 aliphatic carbocycles. The number of hydrogen-bond acceptors (Lipinski definition) is 3. The summed E-state index contributed by atoms with van der Waals surface area (Å²) in [5, 5.41) is 0. The fourth-order valence-corrected chi connectivity index (χ4v) is 1.86. The highest BCUT2D eigenvalue weighted by Gasteiger charge is 2.17. The predicted octanol–water partition coefficient (Wildman–Crippen LogP) is 2.38. The van der Waals surface area contributed by atoms with E-state index < -0.39 is 0 Å². The van der Waals surface area contributed by atoms with Crippen molar-refractivity contribution in [3.05, 3.63) is 29.8 Å². The van der Waals surface area contributed by atoms with Gasteiger partial charge in [-0.05, 0) is 31.0 Å². The SMILES string of the molecule is CC(OCC1CCOC1)c1ccc(N)cc1. The summed E-state index contributed by atoms with van der Waals surface area (Å²) in [5.74, 6) is 0.566. The number of hydrogen-bond donors (Lipinski definition) is 1. The lowest BCUT2D eigenvalue weighted by Crippen LogP contribution is -2.11. The van der Waals surface area contributed by atoms with Gasteiger partial charge in [0.25, 0.3) is 0 Å². The van der Waals surface area contributed by atoms with E-state index in [0.717, 1.165) is 31.9 Å². The second-order valence-electron chi connectivity index (χ2n) is 4.37. The third-order valence-corrected chi connectivity index (χ3v) is 3.01. The Morgan fingerprint density at radius 3 is 2.81 bits per heavy atom. The molecular formula is C13H19NO2. The summed E-state index contributed by atoms with van der Waals surface area (Å²) < 4.78 is 11.1. The molecule has 1 saturated heterocycles. The molecule has 0 aromatic heterocycles. The minimum Gasteiger partial charge on any atom is -0.399 e. The Kier molecular flexibility index (Phi) is 3.80. The molecule has 3 heteroatoms. The lowest BCUT2D eigenvalue weighted by Gasteiger charge is -2.16. The Labute approximate surface area is 96.5 Å². The number of benzene rings is 1. The molecule has 2 atom stereocenters. The van der Waals surface area contributed by atoms with Crippen LogP contribution < -0.4 is 5.73 Å². The van der Waals surface area contributed by atoms with Crippen LogP contribution in [-0.4, -0.2) is 19.8 Å². The molecule has 0 radical (unpaired) electrons. The van der Waals surface area contributed by atoms with E-state index in [-0.39, 0.29) is 6.10 Å². The van der Waals surface area contributed by atoms with Gasteiger partial charge in [0.2, 0.25) is 0 Å². The first-order valence-electron chi connectivity index (χ1n) is 5.80. The topological polar surface area (TPSA) is 44.5 Å². The van der Waals surface area contributed by atoms with Gasteiger partial charge in [0, 0.05) is 18.2 Å². The van der Waals surface area contributed by atoms with Gasteiger partial charge in [-0.25, -0.2) is 0 Å². The van der Waals surface area contributed by atoms with E-state index in [2.05, 4.69) is 6.92 Å². The molecule has 2 unspecified atom stereocenters. The van der Waals surface area contributed by atoms with Crippen molar-refractivity contribution in [3.63, 3.8) is 0 Å². The highest BCUT2D eigenvalue weighted by molar-refractivity contribution is 5.39. The number of rotatable bonds is 4. The van der Waals surface area contributed by atoms with E-state index in [0.29, 0.717) is 5.92 Å². The molecule has 1 aromatic rings. The molecular weight excluding hydrogens is 202 g/mol. The van der Waals surface area contributed by atoms with E-state index >= 15 is 0 Å². The van der Waals surface area contributed by atoms with Crippen molar-refractivity contribution in [2.45, 2.75) is 19.4 Å². The molecule has 1 aliphatic rings. The highest BCUT2D eigenvalue weighted by Crippen LogP contribution is 2.21. The van der Waals surface area contributed by atoms with Crippen LogP contribution in [-0.2, 0) is 9.47 Å². The molecule has 88 valence electrons. The van der Waals surface area contributed by atoms with Crippen molar-refractivity contribution >= 4 is 5.69 Å². The van der Waals surface area contributed by atoms with Gasteiger partial charge in [-0.1, -0.05) is 12.1 Å². The average Bonchev–Trinajstić information content (AvgIpc) is 2.80. The third-order valence-electron chi connectivity index (χ3n) is 3.01. The Morgan fingerprint density at radius 2 is 2.19 bits per heavy atom. The molecule has 3 nitrogen and oxygen atoms in total. The number of anilines is 1. The molecule has 0 bridgehead atoms. The van der Waals surface area contributed by atoms with Crippen LogP contribution in [0, 0.1) is 5.92 Å². The molecule has 2 N–H and O–H groups in total. The summed E-state index contributed by atoms with van der Waals surface area (Å²) in [7, 11) is 0. The van der Waals surface area contributed by atoms with Gasteiger partial charge in [0.1, 0.15) is 0 Å². The summed E-state index contributed by atoms with van der Waals surface area (Å²) in [5.41, 5.74) is 7.61. The molecule has 0 spiro atoms. The van der Waals surface area contributed by atoms with Crippen molar-refractivity contribution < 1.29 is 9.47 Å². The second kappa shape index (κ2) is 5.32. The summed E-state index contributed by atoms with van der Waals surface area (Å²) in [6.45, 7) is 4.58. The van der Waals surface area contributed by atoms with Crippen molar-refractivity contribution in [1.82, 2.24) is 0 Å². The first-order chi connectivity index (χ1) is 7.75. The van der Waals surface area contributed by atoms with Gasteiger partial charge < -0.3 is 15.2 Å². The minimum atomic E-state index is 0.126. The van der Waals surface area contributed by atoms with E-state index in [4.69, 9.17) is 15.2 Å². The normalized spacial score (nSPS) is 22.2. The number of nitrogen functional groups attached to an aromatic ring is 1. The Balaban J connectivity index is 1.82. The smallest absolute Gasteiger partial charge is 0.0796 e. The molecule has 0 saturated carbocycles. The lowest BCUT2D eigenvalue weighted by atomic mass is 10.1. The van der Waals surface area contributed by atoms with Gasteiger partial charge in [0.05, 0.1) is 19.3 Å². The van der Waals surface area contributed by atoms with E-state index in [9.17, 15) is 0 Å². The average molecular weight is 221 g/mol. The van der Waals surface area contributed by atoms with Gasteiger partial charge in [0.15, 0.2) is 0 Å². The van der Waals surface area contributed by atoms with Gasteiger partial charge in [-0.15, -0.1) is 0 Å². The Hall–Kier alpha value is -1.06. The molecule has 0 amide bonds. The molecule has 16 heavy (non-hydrogen) atoms. The zero-order valence-electron chi connectivity index (χ0n) is 9.69. The maximum absolute atomic E-state index is 5.83. The van der Waals surface area contributed by atoms with Crippen LogP contribution >= 0.6 is 0 Å². The van der Waals surface area contributed by atoms with Crippen LogP contribution in [0.2, 0.25) is 0 Å². The highest BCUT2D eigenvalue weighted by atomic mass is 16.5. The second-order valence-corrected chi connectivity index (χ2v) is 4.37. The van der Waals surface area contributed by atoms with E-state index in [1.165, 1.54) is 5.56 Å². The summed E-state index contributed by atoms with van der Waals surface area (Å²) in [4.78, 5) is 0. The van der Waals surface area contributed by atoms with Crippen LogP contribution in [0.1, 0.15) is 25.0 Å². The zero-order valence-corrected chi connectivity index (χ0v) is 9.69. The first-order valence-corrected chi connectivity index (χ1v) is 5.80. The standard InChI is InChI=1S/C13H19NO2/c1-10(12-2-4-13(14)5-3-12)16-9-11-6-7-15-8-11/h2-5,10-11H,6-9,14H2,1H3. The van der Waals surface area contributed by atoms with Gasteiger partial charge in [-0.3, -0.25) is 0 Å². The number of nitrogens with two attached hydrogens (primary N) is 1. The lowest BCUT2D eigenvalue weighted by molar-refractivity contribution is 0.0359. The monoisotopic (exact) mass is 221 g/mol. The molecule has 2 rings (SSSR count). The molecule has 1 fully saturated rings. The van der Waals surface area contributed by atoms with Crippen LogP contribution in [0.15, 0.2) is 24.3 Å². The quantitative estimate of drug-likeness (QED) is 0.794. The van der Waals surface area contributed by atoms with E-state index in [1.54, 1.807) is 0 Å². The molecule has 1 aliphatic heterocycles. The Morgan fingerprint density at radius 1 is 1.44 bits per heavy atom. The summed E-state index contributed by atoms with van der Waals surface area (Å²) >= 11 is 0. The zero-order chi connectivity index (χ0) is 11.4. The van der Waals surface area contributed by atoms with Crippen molar-refractivity contribution in [1.29, 1.82) is 0 Å². The fraction of sp³-hybridized carbons (Fsp3) is 0.538. The summed E-state index contributed by atoms with van der Waals surface area (Å²) in [6.07, 6.45) is 1.25. The molecule has 1 aromatic carbocycles. The fourth-order valence-electron chi connectivity index (χ4n) is 1.86. The predicted molar refractivity (Wildman–Crippen MR) is 64.1 cm³/mol. The first kappa shape index (κ1) is 11.4. The maximum Gasteiger partial charge on any atom is 0.0796 e. The van der Waals surface area contributed by atoms with Crippen molar-refractivity contribution in [2.75, 3.05) is 25.6 Å². The van der Waals surface area contributed by atoms with Gasteiger partial charge >= 0.3 is 0 Å². The van der Waals surface area contributed by atoms with Crippen molar-refractivity contribution in [2.24, 2.45) is 5.92 Å². The van der Waals surface area contributed by atoms with Crippen molar-refractivity contribution in [3.8, 4) is 0 Å². The van der Waals surface area contributed by atoms with Crippen LogP contribution in [0.25, 0.3) is 0 Å². The van der Waals surface area contributed by atoms with Crippen LogP contribution in [0.5, 0.6) is 0 Å². The van der Waals surface area contributed by atoms with Crippen LogP contribution in [0.4, 0.5) is 5.69 Å². The number of ether oxygens (including phenoxy) is 2. The third kappa shape index (κ3) is 2.97. The summed E-state index contributed by atoms with van der Waals surface area (Å²) in [6, 6.07) is 7.86. The minimum absolute atomic E-state index is 0.126. The van der Waals surface area contributed by atoms with Crippen LogP contribution in [0.3, 0.4) is 0 Å². The largest absolute Gasteiger partial charge is 0.399 e. The molecule has 1 heterocycles. The maximum atomic E-state index is 5.83. The van der Waals surface area contributed by atoms with Gasteiger partial charge in [-0.2, -0.15) is 0 Å².